The van der Waals surface area contributed by atoms with Crippen molar-refractivity contribution in [2.75, 3.05) is 5.75 Å². The fraction of sp³-hybridized carbons (Fsp3) is 0.200. The Balaban J connectivity index is 1.46. The second-order valence-corrected chi connectivity index (χ2v) is 11.8. The van der Waals surface area contributed by atoms with Crippen LogP contribution in [0.2, 0.25) is 0 Å². The summed E-state index contributed by atoms with van der Waals surface area (Å²) in [5.74, 6) is -3.03. The number of carbonyl (C=O) groups excluding carboxylic acids is 1. The summed E-state index contributed by atoms with van der Waals surface area (Å²) in [6.45, 7) is -2.83. The number of rotatable bonds is 11. The van der Waals surface area contributed by atoms with Gasteiger partial charge in [0.25, 0.3) is 16.0 Å². The van der Waals surface area contributed by atoms with E-state index in [0.29, 0.717) is 40.6 Å². The van der Waals surface area contributed by atoms with E-state index >= 15 is 8.63 Å². The SMILES string of the molecule is Cc1cc(CCC(=O)On2c(O)cc(S(=O)(=O)O)c2O)n2c1C=C1C(CCSOOO)=CC(c3ccccc3)=[N+]1[B-]2(F)F. The molecule has 0 amide bonds. The standard InChI is InChI=1S/C25H24BF2N3O10S2/c1-15-11-18(7-8-24(33)39-31-23(32)14-22(25(31)34)43(36,37)38)29-19(15)13-21-17(9-10-42-41-40-35)12-20(30(21)26(29,27)28)16-5-3-2-4-6-16/h2-6,11-14,32,34-35H,7-10H2,1H3,(H,36,37,38). The van der Waals surface area contributed by atoms with E-state index in [1.165, 1.54) is 6.07 Å². The second kappa shape index (κ2) is 11.6. The van der Waals surface area contributed by atoms with Gasteiger partial charge < -0.3 is 32.6 Å². The summed E-state index contributed by atoms with van der Waals surface area (Å²) < 4.78 is 71.3. The molecule has 18 heteroatoms. The zero-order valence-electron chi connectivity index (χ0n) is 22.3. The van der Waals surface area contributed by atoms with Gasteiger partial charge >= 0.3 is 12.9 Å². The van der Waals surface area contributed by atoms with Crippen molar-refractivity contribution in [3.05, 3.63) is 82.3 Å². The van der Waals surface area contributed by atoms with Crippen LogP contribution in [0.4, 0.5) is 8.63 Å². The van der Waals surface area contributed by atoms with Crippen LogP contribution in [0.5, 0.6) is 11.8 Å². The highest BCUT2D eigenvalue weighted by Gasteiger charge is 2.54. The molecule has 2 aromatic heterocycles. The van der Waals surface area contributed by atoms with E-state index < -0.39 is 46.1 Å². The van der Waals surface area contributed by atoms with Crippen molar-refractivity contribution in [1.29, 1.82) is 0 Å². The third kappa shape index (κ3) is 5.72. The zero-order valence-corrected chi connectivity index (χ0v) is 23.9. The maximum absolute atomic E-state index is 16.6. The Morgan fingerprint density at radius 3 is 2.49 bits per heavy atom. The van der Waals surface area contributed by atoms with Gasteiger partial charge in [-0.25, -0.2) is 10.1 Å². The lowest BCUT2D eigenvalue weighted by Gasteiger charge is -2.31. The van der Waals surface area contributed by atoms with Crippen LogP contribution in [-0.4, -0.2) is 66.5 Å². The molecule has 1 aromatic carbocycles. The number of aromatic hydroxyl groups is 2. The molecule has 4 heterocycles. The number of halogens is 2. The van der Waals surface area contributed by atoms with Gasteiger partial charge in [-0.1, -0.05) is 23.2 Å². The van der Waals surface area contributed by atoms with Crippen molar-refractivity contribution in [2.45, 2.75) is 31.1 Å². The first-order valence-corrected chi connectivity index (χ1v) is 15.0. The van der Waals surface area contributed by atoms with Crippen LogP contribution in [0, 0.1) is 6.92 Å². The van der Waals surface area contributed by atoms with Crippen LogP contribution >= 0.6 is 12.0 Å². The summed E-state index contributed by atoms with van der Waals surface area (Å²) >= 11 is 0.809. The van der Waals surface area contributed by atoms with Crippen LogP contribution in [0.25, 0.3) is 6.08 Å². The Hall–Kier alpha value is -3.94. The lowest BCUT2D eigenvalue weighted by molar-refractivity contribution is -0.432. The van der Waals surface area contributed by atoms with Gasteiger partial charge in [0.2, 0.25) is 5.88 Å². The molecule has 0 unspecified atom stereocenters. The van der Waals surface area contributed by atoms with Gasteiger partial charge in [0.1, 0.15) is 0 Å². The molecule has 0 fully saturated rings. The second-order valence-electron chi connectivity index (χ2n) is 9.62. The third-order valence-electron chi connectivity index (χ3n) is 6.95. The minimum Gasteiger partial charge on any atom is -0.492 e. The van der Waals surface area contributed by atoms with Gasteiger partial charge in [0.15, 0.2) is 16.3 Å². The minimum atomic E-state index is -4.94. The number of aryl methyl sites for hydroxylation is 2. The Morgan fingerprint density at radius 1 is 1.12 bits per heavy atom. The molecule has 5 rings (SSSR count). The van der Waals surface area contributed by atoms with Crippen molar-refractivity contribution in [3.8, 4) is 11.8 Å². The molecule has 0 spiro atoms. The predicted octanol–water partition coefficient (Wildman–Crippen LogP) is 3.32. The first-order chi connectivity index (χ1) is 20.3. The predicted molar refractivity (Wildman–Crippen MR) is 149 cm³/mol. The van der Waals surface area contributed by atoms with Gasteiger partial charge in [0.05, 0.1) is 6.42 Å². The summed E-state index contributed by atoms with van der Waals surface area (Å²) in [5, 5.41) is 31.8. The maximum atomic E-state index is 16.6. The van der Waals surface area contributed by atoms with Crippen LogP contribution in [0.1, 0.15) is 35.4 Å². The van der Waals surface area contributed by atoms with Gasteiger partial charge in [-0.15, -0.1) is 9.06 Å². The first kappa shape index (κ1) is 30.5. The maximum Gasteiger partial charge on any atom is 0.737 e. The number of allylic oxidation sites excluding steroid dienone is 2. The summed E-state index contributed by atoms with van der Waals surface area (Å²) in [4.78, 5) is 16.3. The molecule has 0 aliphatic carbocycles. The summed E-state index contributed by atoms with van der Waals surface area (Å²) in [5.41, 5.74) is 2.60. The van der Waals surface area contributed by atoms with Gasteiger partial charge in [-0.2, -0.15) is 8.42 Å². The van der Waals surface area contributed by atoms with E-state index in [2.05, 4.69) is 9.37 Å². The molecule has 0 atom stereocenters. The van der Waals surface area contributed by atoms with Crippen molar-refractivity contribution in [1.82, 2.24) is 9.21 Å². The molecule has 228 valence electrons. The number of hydrogen-bond donors (Lipinski definition) is 4. The van der Waals surface area contributed by atoms with Crippen molar-refractivity contribution >= 4 is 46.9 Å². The largest absolute Gasteiger partial charge is 0.737 e. The molecular weight excluding hydrogens is 615 g/mol. The molecule has 0 bridgehead atoms. The molecule has 4 N–H and O–H groups in total. The number of carbonyl (C=O) groups is 1. The fourth-order valence-corrected chi connectivity index (χ4v) is 6.14. The van der Waals surface area contributed by atoms with Crippen LogP contribution in [-0.2, 0) is 30.7 Å². The van der Waals surface area contributed by atoms with E-state index in [-0.39, 0.29) is 28.3 Å². The molecule has 3 aromatic rings. The highest BCUT2D eigenvalue weighted by Crippen LogP contribution is 2.39. The zero-order chi connectivity index (χ0) is 31.1. The number of benzene rings is 1. The highest BCUT2D eigenvalue weighted by molar-refractivity contribution is 7.94. The Morgan fingerprint density at radius 2 is 1.84 bits per heavy atom. The number of hydrogen-bond acceptors (Lipinski definition) is 10. The van der Waals surface area contributed by atoms with Crippen LogP contribution in [0.3, 0.4) is 0 Å². The Bertz CT molecular complexity index is 1800. The number of fused-ring (bicyclic) bond motifs is 2. The minimum absolute atomic E-state index is 0.104. The highest BCUT2D eigenvalue weighted by atomic mass is 32.2. The molecule has 2 aliphatic heterocycles. The van der Waals surface area contributed by atoms with E-state index in [4.69, 9.17) is 14.6 Å². The van der Waals surface area contributed by atoms with Crippen molar-refractivity contribution in [2.24, 2.45) is 0 Å². The first-order valence-electron chi connectivity index (χ1n) is 12.6. The monoisotopic (exact) mass is 639 g/mol. The quantitative estimate of drug-likeness (QED) is 0.0606. The van der Waals surface area contributed by atoms with E-state index in [1.807, 2.05) is 0 Å². The van der Waals surface area contributed by atoms with Crippen LogP contribution in [0.15, 0.2) is 64.7 Å². The van der Waals surface area contributed by atoms with E-state index in [0.717, 1.165) is 21.0 Å². The van der Waals surface area contributed by atoms with Gasteiger partial charge in [-0.3, -0.25) is 4.55 Å². The van der Waals surface area contributed by atoms with E-state index in [1.54, 1.807) is 49.4 Å². The topological polar surface area (TPSA) is 173 Å². The molecule has 43 heavy (non-hydrogen) atoms. The van der Waals surface area contributed by atoms with Crippen molar-refractivity contribution < 1.29 is 60.6 Å². The van der Waals surface area contributed by atoms with Gasteiger partial charge in [-0.05, 0) is 49.2 Å². The summed E-state index contributed by atoms with van der Waals surface area (Å²) in [6, 6.07) is 10.7. The van der Waals surface area contributed by atoms with Crippen LogP contribution < -0.4 is 4.84 Å². The average Bonchev–Trinajstić information content (AvgIpc) is 3.58. The number of nitrogens with zero attached hydrogens (tertiary/aromatic N) is 3. The normalized spacial score (nSPS) is 15.7. The molecule has 2 aliphatic rings. The summed E-state index contributed by atoms with van der Waals surface area (Å²) in [6.07, 6.45) is 2.90. The molecular formula is C25H24BF2N3O10S2. The fourth-order valence-electron chi connectivity index (χ4n) is 5.16. The lowest BCUT2D eigenvalue weighted by atomic mass is 9.88. The lowest BCUT2D eigenvalue weighted by Crippen LogP contribution is -2.51. The Labute approximate surface area is 247 Å². The van der Waals surface area contributed by atoms with Crippen molar-refractivity contribution in [3.63, 3.8) is 0 Å². The molecule has 0 saturated heterocycles. The summed E-state index contributed by atoms with van der Waals surface area (Å²) in [7, 11) is -4.94. The molecule has 13 nitrogen and oxygen atoms in total. The molecule has 0 radical (unpaired) electrons. The van der Waals surface area contributed by atoms with E-state index in [9.17, 15) is 23.4 Å². The number of aromatic nitrogens is 2. The smallest absolute Gasteiger partial charge is 0.492 e. The average molecular weight is 639 g/mol. The third-order valence-corrected chi connectivity index (χ3v) is 8.33. The Kier molecular flexibility index (Phi) is 8.25. The molecule has 0 saturated carbocycles. The van der Waals surface area contributed by atoms with Gasteiger partial charge in [0, 0.05) is 52.8 Å².